The lowest BCUT2D eigenvalue weighted by molar-refractivity contribution is -0.144. The molecule has 1 aliphatic heterocycles. The third-order valence-corrected chi connectivity index (χ3v) is 5.69. The second-order valence-corrected chi connectivity index (χ2v) is 6.85. The molecule has 0 aromatic heterocycles. The normalized spacial score (nSPS) is 30.3. The van der Waals surface area contributed by atoms with E-state index in [9.17, 15) is 9.90 Å². The SMILES string of the molecule is Cc1ccc(C(C)N2CC3CCCC3C2C(=O)O)cc1C. The first-order valence-corrected chi connectivity index (χ1v) is 8.04. The van der Waals surface area contributed by atoms with Gasteiger partial charge in [0, 0.05) is 12.6 Å². The molecular weight excluding hydrogens is 262 g/mol. The van der Waals surface area contributed by atoms with Crippen LogP contribution in [0.2, 0.25) is 0 Å². The van der Waals surface area contributed by atoms with Crippen molar-refractivity contribution in [3.63, 3.8) is 0 Å². The Hall–Kier alpha value is -1.35. The predicted octanol–water partition coefficient (Wildman–Crippen LogP) is 3.55. The van der Waals surface area contributed by atoms with Crippen molar-refractivity contribution in [1.82, 2.24) is 4.90 Å². The quantitative estimate of drug-likeness (QED) is 0.924. The van der Waals surface area contributed by atoms with E-state index in [-0.39, 0.29) is 12.1 Å². The van der Waals surface area contributed by atoms with E-state index in [2.05, 4.69) is 43.9 Å². The summed E-state index contributed by atoms with van der Waals surface area (Å²) in [7, 11) is 0. The summed E-state index contributed by atoms with van der Waals surface area (Å²) in [5.41, 5.74) is 3.81. The molecule has 21 heavy (non-hydrogen) atoms. The van der Waals surface area contributed by atoms with Crippen molar-refractivity contribution in [1.29, 1.82) is 0 Å². The Kier molecular flexibility index (Phi) is 3.78. The number of fused-ring (bicyclic) bond motifs is 1. The van der Waals surface area contributed by atoms with Gasteiger partial charge < -0.3 is 5.11 Å². The van der Waals surface area contributed by atoms with Gasteiger partial charge in [0.1, 0.15) is 6.04 Å². The standard InChI is InChI=1S/C18H25NO2/c1-11-7-8-14(9-12(11)2)13(3)19-10-15-5-4-6-16(15)17(19)18(20)21/h7-9,13,15-17H,4-6,10H2,1-3H3,(H,20,21). The van der Waals surface area contributed by atoms with Gasteiger partial charge in [0.15, 0.2) is 0 Å². The Morgan fingerprint density at radius 2 is 2.05 bits per heavy atom. The largest absolute Gasteiger partial charge is 0.480 e. The Morgan fingerprint density at radius 1 is 1.29 bits per heavy atom. The molecule has 1 aromatic rings. The minimum atomic E-state index is -0.639. The Morgan fingerprint density at radius 3 is 2.71 bits per heavy atom. The molecule has 2 aliphatic rings. The van der Waals surface area contributed by atoms with Crippen molar-refractivity contribution in [2.45, 2.75) is 52.1 Å². The minimum absolute atomic E-state index is 0.177. The number of carbonyl (C=O) groups is 1. The fourth-order valence-corrected chi connectivity index (χ4v) is 4.28. The van der Waals surface area contributed by atoms with Crippen molar-refractivity contribution in [2.24, 2.45) is 11.8 Å². The maximum Gasteiger partial charge on any atom is 0.321 e. The van der Waals surface area contributed by atoms with Crippen LogP contribution >= 0.6 is 0 Å². The number of carboxylic acids is 1. The number of likely N-dealkylation sites (tertiary alicyclic amines) is 1. The summed E-state index contributed by atoms with van der Waals surface area (Å²) in [4.78, 5) is 14.0. The first-order valence-electron chi connectivity index (χ1n) is 8.04. The molecule has 4 unspecified atom stereocenters. The van der Waals surface area contributed by atoms with Gasteiger partial charge in [-0.1, -0.05) is 24.6 Å². The molecule has 3 heteroatoms. The molecule has 3 nitrogen and oxygen atoms in total. The number of carboxylic acid groups (broad SMARTS) is 1. The van der Waals surface area contributed by atoms with Crippen LogP contribution in [0.5, 0.6) is 0 Å². The molecule has 1 saturated heterocycles. The maximum absolute atomic E-state index is 11.8. The van der Waals surface area contributed by atoms with Gasteiger partial charge in [-0.2, -0.15) is 0 Å². The van der Waals surface area contributed by atoms with Crippen LogP contribution in [0.25, 0.3) is 0 Å². The molecule has 4 atom stereocenters. The van der Waals surface area contributed by atoms with Crippen LogP contribution in [0.15, 0.2) is 18.2 Å². The van der Waals surface area contributed by atoms with Gasteiger partial charge in [-0.05, 0) is 62.1 Å². The number of benzene rings is 1. The lowest BCUT2D eigenvalue weighted by Gasteiger charge is -2.31. The van der Waals surface area contributed by atoms with Crippen LogP contribution in [0.3, 0.4) is 0 Å². The number of hydrogen-bond donors (Lipinski definition) is 1. The minimum Gasteiger partial charge on any atom is -0.480 e. The second kappa shape index (κ2) is 5.45. The Balaban J connectivity index is 1.87. The highest BCUT2D eigenvalue weighted by Gasteiger charge is 2.49. The molecule has 3 rings (SSSR count). The van der Waals surface area contributed by atoms with Crippen LogP contribution in [0.4, 0.5) is 0 Å². The van der Waals surface area contributed by atoms with Crippen LogP contribution in [0, 0.1) is 25.7 Å². The number of aliphatic carboxylic acids is 1. The number of nitrogens with zero attached hydrogens (tertiary/aromatic N) is 1. The highest BCUT2D eigenvalue weighted by molar-refractivity contribution is 5.74. The molecule has 0 amide bonds. The molecule has 0 spiro atoms. The third-order valence-electron chi connectivity index (χ3n) is 5.69. The van der Waals surface area contributed by atoms with E-state index in [1.54, 1.807) is 0 Å². The van der Waals surface area contributed by atoms with Gasteiger partial charge in [0.05, 0.1) is 0 Å². The molecule has 2 fully saturated rings. The Labute approximate surface area is 127 Å². The van der Waals surface area contributed by atoms with Gasteiger partial charge in [-0.15, -0.1) is 0 Å². The highest BCUT2D eigenvalue weighted by atomic mass is 16.4. The van der Waals surface area contributed by atoms with Crippen molar-refractivity contribution in [3.8, 4) is 0 Å². The first-order chi connectivity index (χ1) is 9.99. The van der Waals surface area contributed by atoms with Gasteiger partial charge in [0.2, 0.25) is 0 Å². The fraction of sp³-hybridized carbons (Fsp3) is 0.611. The molecule has 1 aliphatic carbocycles. The van der Waals surface area contributed by atoms with E-state index >= 15 is 0 Å². The predicted molar refractivity (Wildman–Crippen MR) is 83.3 cm³/mol. The van der Waals surface area contributed by atoms with Crippen LogP contribution in [-0.4, -0.2) is 28.6 Å². The lowest BCUT2D eigenvalue weighted by atomic mass is 9.93. The van der Waals surface area contributed by atoms with Crippen LogP contribution < -0.4 is 0 Å². The topological polar surface area (TPSA) is 40.5 Å². The van der Waals surface area contributed by atoms with Crippen molar-refractivity contribution in [3.05, 3.63) is 34.9 Å². The zero-order valence-corrected chi connectivity index (χ0v) is 13.2. The molecule has 1 N–H and O–H groups in total. The smallest absolute Gasteiger partial charge is 0.321 e. The van der Waals surface area contributed by atoms with E-state index in [1.807, 2.05) is 0 Å². The summed E-state index contributed by atoms with van der Waals surface area (Å²) in [5, 5.41) is 9.68. The zero-order chi connectivity index (χ0) is 15.1. The summed E-state index contributed by atoms with van der Waals surface area (Å²) < 4.78 is 0. The lowest BCUT2D eigenvalue weighted by Crippen LogP contribution is -2.41. The maximum atomic E-state index is 11.8. The molecule has 0 radical (unpaired) electrons. The average Bonchev–Trinajstić information content (AvgIpc) is 3.00. The monoisotopic (exact) mass is 287 g/mol. The average molecular weight is 287 g/mol. The number of hydrogen-bond acceptors (Lipinski definition) is 2. The van der Waals surface area contributed by atoms with Crippen LogP contribution in [-0.2, 0) is 4.79 Å². The summed E-state index contributed by atoms with van der Waals surface area (Å²) in [6.45, 7) is 7.33. The van der Waals surface area contributed by atoms with E-state index in [4.69, 9.17) is 0 Å². The highest BCUT2D eigenvalue weighted by Crippen LogP contribution is 2.45. The van der Waals surface area contributed by atoms with Crippen molar-refractivity contribution in [2.75, 3.05) is 6.54 Å². The molecule has 0 bridgehead atoms. The van der Waals surface area contributed by atoms with Crippen molar-refractivity contribution < 1.29 is 9.90 Å². The number of rotatable bonds is 3. The summed E-state index contributed by atoms with van der Waals surface area (Å²) in [5.74, 6) is 0.302. The second-order valence-electron chi connectivity index (χ2n) is 6.85. The van der Waals surface area contributed by atoms with E-state index in [0.29, 0.717) is 11.8 Å². The fourth-order valence-electron chi connectivity index (χ4n) is 4.28. The zero-order valence-electron chi connectivity index (χ0n) is 13.2. The molecule has 1 saturated carbocycles. The van der Waals surface area contributed by atoms with Crippen LogP contribution in [0.1, 0.15) is 48.9 Å². The van der Waals surface area contributed by atoms with Crippen molar-refractivity contribution >= 4 is 5.97 Å². The molecule has 114 valence electrons. The van der Waals surface area contributed by atoms with Gasteiger partial charge in [-0.3, -0.25) is 9.69 Å². The molecular formula is C18H25NO2. The summed E-state index contributed by atoms with van der Waals surface area (Å²) >= 11 is 0. The summed E-state index contributed by atoms with van der Waals surface area (Å²) in [6, 6.07) is 6.39. The summed E-state index contributed by atoms with van der Waals surface area (Å²) in [6.07, 6.45) is 3.48. The first kappa shape index (κ1) is 14.6. The van der Waals surface area contributed by atoms with E-state index in [1.165, 1.54) is 29.5 Å². The molecule has 1 aromatic carbocycles. The van der Waals surface area contributed by atoms with E-state index in [0.717, 1.165) is 13.0 Å². The number of aryl methyl sites for hydroxylation is 2. The van der Waals surface area contributed by atoms with Gasteiger partial charge >= 0.3 is 5.97 Å². The van der Waals surface area contributed by atoms with Gasteiger partial charge in [0.25, 0.3) is 0 Å². The third kappa shape index (κ3) is 2.48. The molecule has 1 heterocycles. The Bertz CT molecular complexity index is 554. The van der Waals surface area contributed by atoms with E-state index < -0.39 is 5.97 Å². The van der Waals surface area contributed by atoms with Gasteiger partial charge in [-0.25, -0.2) is 0 Å².